The van der Waals surface area contributed by atoms with Crippen LogP contribution in [-0.2, 0) is 24.7 Å². The number of benzene rings is 1. The van der Waals surface area contributed by atoms with Crippen molar-refractivity contribution in [3.63, 3.8) is 0 Å². The van der Waals surface area contributed by atoms with Crippen LogP contribution < -0.4 is 0 Å². The molecule has 3 heteroatoms. The minimum absolute atomic E-state index is 0.187. The molecule has 0 amide bonds. The van der Waals surface area contributed by atoms with Gasteiger partial charge in [-0.05, 0) is 36.7 Å². The summed E-state index contributed by atoms with van der Waals surface area (Å²) >= 11 is 1.91. The lowest BCUT2D eigenvalue weighted by Crippen LogP contribution is -2.26. The molecule has 2 aliphatic carbocycles. The third kappa shape index (κ3) is 1.45. The van der Waals surface area contributed by atoms with Crippen molar-refractivity contribution >= 4 is 16.3 Å². The van der Waals surface area contributed by atoms with E-state index in [0.717, 1.165) is 6.42 Å². The van der Waals surface area contributed by atoms with Gasteiger partial charge in [-0.1, -0.05) is 38.1 Å². The molecule has 0 bridgehead atoms. The number of nitrogens with zero attached hydrogens (tertiary/aromatic N) is 2. The van der Waals surface area contributed by atoms with Gasteiger partial charge in [-0.2, -0.15) is 0 Å². The first-order valence-corrected chi connectivity index (χ1v) is 8.58. The number of fused-ring (bicyclic) bond motifs is 7. The Morgan fingerprint density at radius 3 is 2.90 bits per heavy atom. The van der Waals surface area contributed by atoms with Gasteiger partial charge in [0.2, 0.25) is 0 Å². The molecule has 0 atom stereocenters. The van der Waals surface area contributed by atoms with Crippen LogP contribution in [0.5, 0.6) is 0 Å². The Hall–Kier alpha value is -1.61. The fourth-order valence-electron chi connectivity index (χ4n) is 4.11. The molecule has 0 aliphatic heterocycles. The van der Waals surface area contributed by atoms with E-state index in [4.69, 9.17) is 4.98 Å². The molecule has 2 aliphatic rings. The summed E-state index contributed by atoms with van der Waals surface area (Å²) in [5, 5.41) is 0. The molecule has 21 heavy (non-hydrogen) atoms. The van der Waals surface area contributed by atoms with Gasteiger partial charge in [0.1, 0.15) is 0 Å². The Labute approximate surface area is 128 Å². The van der Waals surface area contributed by atoms with Crippen LogP contribution in [0.1, 0.15) is 42.1 Å². The van der Waals surface area contributed by atoms with E-state index in [1.807, 2.05) is 11.3 Å². The molecule has 0 spiro atoms. The molecule has 0 radical (unpaired) electrons. The lowest BCUT2D eigenvalue weighted by atomic mass is 9.73. The molecule has 2 aromatic heterocycles. The zero-order valence-electron chi connectivity index (χ0n) is 12.4. The predicted octanol–water partition coefficient (Wildman–Crippen LogP) is 4.39. The molecular weight excluding hydrogens is 276 g/mol. The summed E-state index contributed by atoms with van der Waals surface area (Å²) in [5.74, 6) is 0. The second-order valence-electron chi connectivity index (χ2n) is 6.96. The van der Waals surface area contributed by atoms with Crippen molar-refractivity contribution in [2.45, 2.75) is 44.9 Å². The van der Waals surface area contributed by atoms with E-state index in [1.54, 1.807) is 10.6 Å². The van der Waals surface area contributed by atoms with Crippen molar-refractivity contribution in [2.24, 2.45) is 0 Å². The van der Waals surface area contributed by atoms with Crippen molar-refractivity contribution in [3.05, 3.63) is 46.1 Å². The summed E-state index contributed by atoms with van der Waals surface area (Å²) in [6.07, 6.45) is 4.87. The summed E-state index contributed by atoms with van der Waals surface area (Å²) in [5.41, 5.74) is 7.18. The number of thiazole rings is 1. The van der Waals surface area contributed by atoms with Crippen LogP contribution in [-0.4, -0.2) is 9.38 Å². The average molecular weight is 294 g/mol. The lowest BCUT2D eigenvalue weighted by molar-refractivity contribution is 0.507. The number of imidazole rings is 1. The summed E-state index contributed by atoms with van der Waals surface area (Å²) in [6.45, 7) is 4.72. The van der Waals surface area contributed by atoms with Crippen LogP contribution in [0, 0.1) is 0 Å². The largest absolute Gasteiger partial charge is 0.291 e. The smallest absolute Gasteiger partial charge is 0.194 e. The van der Waals surface area contributed by atoms with E-state index < -0.39 is 0 Å². The SMILES string of the molecule is CC1(C)Cc2c(nc3sc4c(n23)CCC4)-c2ccccc21. The first-order valence-electron chi connectivity index (χ1n) is 7.77. The van der Waals surface area contributed by atoms with Crippen molar-refractivity contribution in [3.8, 4) is 11.3 Å². The predicted molar refractivity (Wildman–Crippen MR) is 87.3 cm³/mol. The Morgan fingerprint density at radius 1 is 1.14 bits per heavy atom. The van der Waals surface area contributed by atoms with Crippen molar-refractivity contribution < 1.29 is 0 Å². The molecule has 0 fully saturated rings. The van der Waals surface area contributed by atoms with E-state index in [0.29, 0.717) is 0 Å². The second-order valence-corrected chi connectivity index (χ2v) is 8.02. The number of aryl methyl sites for hydroxylation is 2. The summed E-state index contributed by atoms with van der Waals surface area (Å²) in [7, 11) is 0. The Balaban J connectivity index is 1.88. The topological polar surface area (TPSA) is 17.3 Å². The van der Waals surface area contributed by atoms with Gasteiger partial charge in [0, 0.05) is 16.1 Å². The van der Waals surface area contributed by atoms with Crippen molar-refractivity contribution in [2.75, 3.05) is 0 Å². The minimum Gasteiger partial charge on any atom is -0.291 e. The maximum atomic E-state index is 5.00. The highest BCUT2D eigenvalue weighted by Gasteiger charge is 2.35. The van der Waals surface area contributed by atoms with Gasteiger partial charge in [-0.3, -0.25) is 4.40 Å². The first-order chi connectivity index (χ1) is 10.1. The Kier molecular flexibility index (Phi) is 2.15. The molecular formula is C18H18N2S. The molecule has 0 saturated carbocycles. The lowest BCUT2D eigenvalue weighted by Gasteiger charge is -2.32. The van der Waals surface area contributed by atoms with E-state index in [2.05, 4.69) is 42.5 Å². The van der Waals surface area contributed by atoms with Gasteiger partial charge in [0.25, 0.3) is 0 Å². The minimum atomic E-state index is 0.187. The molecule has 0 saturated heterocycles. The van der Waals surface area contributed by atoms with Crippen LogP contribution in [0.15, 0.2) is 24.3 Å². The van der Waals surface area contributed by atoms with Gasteiger partial charge < -0.3 is 0 Å². The maximum Gasteiger partial charge on any atom is 0.194 e. The molecule has 106 valence electrons. The zero-order chi connectivity index (χ0) is 14.2. The first kappa shape index (κ1) is 12.0. The summed E-state index contributed by atoms with van der Waals surface area (Å²) < 4.78 is 2.49. The van der Waals surface area contributed by atoms with E-state index in [-0.39, 0.29) is 5.41 Å². The number of aromatic nitrogens is 2. The van der Waals surface area contributed by atoms with Crippen molar-refractivity contribution in [1.82, 2.24) is 9.38 Å². The van der Waals surface area contributed by atoms with Gasteiger partial charge in [-0.15, -0.1) is 11.3 Å². The van der Waals surface area contributed by atoms with Crippen LogP contribution in [0.25, 0.3) is 16.2 Å². The Morgan fingerprint density at radius 2 is 2.00 bits per heavy atom. The normalized spacial score (nSPS) is 18.6. The van der Waals surface area contributed by atoms with Gasteiger partial charge in [0.05, 0.1) is 11.4 Å². The highest BCUT2D eigenvalue weighted by Crippen LogP contribution is 2.45. The van der Waals surface area contributed by atoms with Crippen molar-refractivity contribution in [1.29, 1.82) is 0 Å². The fraction of sp³-hybridized carbons (Fsp3) is 0.389. The molecule has 0 N–H and O–H groups in total. The van der Waals surface area contributed by atoms with Gasteiger partial charge in [-0.25, -0.2) is 4.98 Å². The van der Waals surface area contributed by atoms with Crippen LogP contribution in [0.4, 0.5) is 0 Å². The average Bonchev–Trinajstić information content (AvgIpc) is 3.09. The van der Waals surface area contributed by atoms with Crippen LogP contribution in [0.2, 0.25) is 0 Å². The fourth-order valence-corrected chi connectivity index (χ4v) is 5.33. The maximum absolute atomic E-state index is 5.00. The standard InChI is InChI=1S/C18H18N2S/c1-18(2)10-14-16(11-6-3-4-7-12(11)18)19-17-20(14)13-8-5-9-15(13)21-17/h3-4,6-7H,5,8-10H2,1-2H3. The Bertz CT molecular complexity index is 882. The quantitative estimate of drug-likeness (QED) is 0.601. The highest BCUT2D eigenvalue weighted by molar-refractivity contribution is 7.17. The molecule has 0 unspecified atom stereocenters. The van der Waals surface area contributed by atoms with E-state index in [1.165, 1.54) is 46.7 Å². The summed E-state index contributed by atoms with van der Waals surface area (Å²) in [6, 6.07) is 8.81. The highest BCUT2D eigenvalue weighted by atomic mass is 32.1. The number of hydrogen-bond acceptors (Lipinski definition) is 2. The van der Waals surface area contributed by atoms with Gasteiger partial charge in [0.15, 0.2) is 4.96 Å². The molecule has 2 nitrogen and oxygen atoms in total. The molecule has 1 aromatic carbocycles. The van der Waals surface area contributed by atoms with E-state index in [9.17, 15) is 0 Å². The second kappa shape index (κ2) is 3.77. The third-order valence-electron chi connectivity index (χ3n) is 5.09. The van der Waals surface area contributed by atoms with Crippen LogP contribution >= 0.6 is 11.3 Å². The summed E-state index contributed by atoms with van der Waals surface area (Å²) in [4.78, 5) is 7.78. The number of rotatable bonds is 0. The molecule has 2 heterocycles. The number of hydrogen-bond donors (Lipinski definition) is 0. The molecule has 5 rings (SSSR count). The molecule has 3 aromatic rings. The van der Waals surface area contributed by atoms with Gasteiger partial charge >= 0.3 is 0 Å². The third-order valence-corrected chi connectivity index (χ3v) is 6.23. The van der Waals surface area contributed by atoms with Crippen LogP contribution in [0.3, 0.4) is 0 Å². The zero-order valence-corrected chi connectivity index (χ0v) is 13.3. The monoisotopic (exact) mass is 294 g/mol. The van der Waals surface area contributed by atoms with E-state index >= 15 is 0 Å².